The topological polar surface area (TPSA) is 92.3 Å². The van der Waals surface area contributed by atoms with Gasteiger partial charge in [-0.25, -0.2) is 15.1 Å². The van der Waals surface area contributed by atoms with Gasteiger partial charge >= 0.3 is 35.7 Å². The predicted molar refractivity (Wildman–Crippen MR) is 125 cm³/mol. The summed E-state index contributed by atoms with van der Waals surface area (Å²) in [5.74, 6) is -0.394. The summed E-state index contributed by atoms with van der Waals surface area (Å²) in [4.78, 5) is 7.44. The van der Waals surface area contributed by atoms with Crippen molar-refractivity contribution in [2.45, 2.75) is 39.4 Å². The van der Waals surface area contributed by atoms with E-state index in [1.807, 2.05) is 62.4 Å². The molecule has 0 bridgehead atoms. The van der Waals surface area contributed by atoms with E-state index in [2.05, 4.69) is 35.9 Å². The molecular weight excluding hydrogens is 454 g/mol. The molecule has 4 aromatic rings. The van der Waals surface area contributed by atoms with E-state index in [9.17, 15) is 13.2 Å². The van der Waals surface area contributed by atoms with E-state index in [0.717, 1.165) is 22.3 Å². The summed E-state index contributed by atoms with van der Waals surface area (Å²) in [6.07, 6.45) is -4.61. The van der Waals surface area contributed by atoms with E-state index in [4.69, 9.17) is 0 Å². The van der Waals surface area contributed by atoms with E-state index in [-0.39, 0.29) is 41.3 Å². The fourth-order valence-electron chi connectivity index (χ4n) is 3.74. The Labute approximate surface area is 216 Å². The van der Waals surface area contributed by atoms with Gasteiger partial charge in [-0.15, -0.1) is 5.10 Å². The van der Waals surface area contributed by atoms with E-state index in [1.165, 1.54) is 0 Å². The Morgan fingerprint density at radius 3 is 2.24 bits per heavy atom. The first-order chi connectivity index (χ1) is 15.7. The van der Waals surface area contributed by atoms with Crippen LogP contribution in [0.4, 0.5) is 19.0 Å². The van der Waals surface area contributed by atoms with Crippen molar-refractivity contribution >= 4 is 35.4 Å². The summed E-state index contributed by atoms with van der Waals surface area (Å²) in [5.41, 5.74) is 4.69. The van der Waals surface area contributed by atoms with Crippen LogP contribution in [0.25, 0.3) is 22.5 Å². The van der Waals surface area contributed by atoms with Crippen molar-refractivity contribution in [2.24, 2.45) is 0 Å². The molecule has 0 saturated heterocycles. The van der Waals surface area contributed by atoms with Gasteiger partial charge in [0.15, 0.2) is 5.82 Å². The van der Waals surface area contributed by atoms with Crippen LogP contribution in [0.5, 0.6) is 0 Å². The summed E-state index contributed by atoms with van der Waals surface area (Å²) >= 11 is 0. The fraction of sp³-hybridized carbons (Fsp3) is 0.261. The quantitative estimate of drug-likeness (QED) is 0.390. The Kier molecular flexibility index (Phi) is 8.06. The minimum absolute atomic E-state index is 0. The molecular formula is C23H23F3N7Na. The van der Waals surface area contributed by atoms with Crippen LogP contribution in [0.3, 0.4) is 0 Å². The Balaban J connectivity index is 0.00000324. The summed E-state index contributed by atoms with van der Waals surface area (Å²) < 4.78 is 39.7. The molecule has 0 radical (unpaired) electrons. The number of aromatic amines is 1. The van der Waals surface area contributed by atoms with E-state index in [1.54, 1.807) is 6.92 Å². The van der Waals surface area contributed by atoms with Crippen LogP contribution in [0.1, 0.15) is 42.4 Å². The summed E-state index contributed by atoms with van der Waals surface area (Å²) in [6.45, 7) is 5.70. The number of anilines is 1. The molecule has 0 aliphatic rings. The standard InChI is InChI=1S/C23H22F3N7.Na.H/c1-13(2)19-14(3)28-22(23(24,25)26)29-21(19)27-12-15-8-10-16(11-9-15)17-6-4-5-7-18(17)20-30-32-33-31-20;;/h4-11,13H,12H2,1-3H3,(H,27,28,29)(H,30,31,32,33);;. The van der Waals surface area contributed by atoms with Crippen molar-refractivity contribution in [1.82, 2.24) is 30.6 Å². The number of benzene rings is 2. The van der Waals surface area contributed by atoms with Crippen LogP contribution in [-0.2, 0) is 12.7 Å². The molecule has 2 heterocycles. The zero-order valence-electron chi connectivity index (χ0n) is 18.3. The summed E-state index contributed by atoms with van der Waals surface area (Å²) in [7, 11) is 0. The van der Waals surface area contributed by atoms with Crippen molar-refractivity contribution < 1.29 is 13.2 Å². The first kappa shape index (κ1) is 25.8. The molecule has 0 amide bonds. The van der Waals surface area contributed by atoms with Crippen molar-refractivity contribution in [1.29, 1.82) is 0 Å². The van der Waals surface area contributed by atoms with Gasteiger partial charge in [-0.05, 0) is 40.0 Å². The summed E-state index contributed by atoms with van der Waals surface area (Å²) in [5, 5.41) is 17.1. The monoisotopic (exact) mass is 477 g/mol. The number of hydrogen-bond acceptors (Lipinski definition) is 6. The van der Waals surface area contributed by atoms with Crippen LogP contribution < -0.4 is 5.32 Å². The minimum atomic E-state index is -4.61. The fourth-order valence-corrected chi connectivity index (χ4v) is 3.74. The normalized spacial score (nSPS) is 11.4. The Morgan fingerprint density at radius 2 is 1.65 bits per heavy atom. The third-order valence-electron chi connectivity index (χ3n) is 5.22. The molecule has 2 aromatic heterocycles. The maximum absolute atomic E-state index is 13.2. The Hall–Kier alpha value is -2.82. The van der Waals surface area contributed by atoms with Gasteiger partial charge in [-0.2, -0.15) is 13.2 Å². The third-order valence-corrected chi connectivity index (χ3v) is 5.22. The third kappa shape index (κ3) is 5.63. The van der Waals surface area contributed by atoms with Crippen LogP contribution in [0, 0.1) is 6.92 Å². The molecule has 172 valence electrons. The number of tetrazole rings is 1. The first-order valence-electron chi connectivity index (χ1n) is 10.4. The molecule has 0 spiro atoms. The molecule has 0 atom stereocenters. The van der Waals surface area contributed by atoms with Crippen molar-refractivity contribution in [3.63, 3.8) is 0 Å². The second kappa shape index (κ2) is 10.6. The molecule has 11 heteroatoms. The van der Waals surface area contributed by atoms with Crippen LogP contribution in [0.2, 0.25) is 0 Å². The zero-order chi connectivity index (χ0) is 23.6. The number of rotatable bonds is 6. The number of H-pyrrole nitrogens is 1. The van der Waals surface area contributed by atoms with Gasteiger partial charge in [0.1, 0.15) is 5.82 Å². The van der Waals surface area contributed by atoms with Gasteiger partial charge in [-0.1, -0.05) is 62.4 Å². The average molecular weight is 477 g/mol. The Bertz CT molecular complexity index is 1240. The van der Waals surface area contributed by atoms with Gasteiger partial charge in [0, 0.05) is 23.4 Å². The SMILES string of the molecule is Cc1nc(C(F)(F)F)nc(NCc2ccc(-c3ccccc3-c3nnn[nH]3)cc2)c1C(C)C.[NaH]. The number of halogens is 3. The van der Waals surface area contributed by atoms with Crippen LogP contribution in [0.15, 0.2) is 48.5 Å². The molecule has 7 nitrogen and oxygen atoms in total. The van der Waals surface area contributed by atoms with Crippen LogP contribution >= 0.6 is 0 Å². The van der Waals surface area contributed by atoms with Crippen LogP contribution in [-0.4, -0.2) is 60.1 Å². The number of nitrogens with zero attached hydrogens (tertiary/aromatic N) is 5. The van der Waals surface area contributed by atoms with Crippen molar-refractivity contribution in [2.75, 3.05) is 5.32 Å². The molecule has 0 unspecified atom stereocenters. The van der Waals surface area contributed by atoms with Gasteiger partial charge in [0.2, 0.25) is 5.82 Å². The molecule has 2 aromatic carbocycles. The maximum atomic E-state index is 13.2. The van der Waals surface area contributed by atoms with E-state index < -0.39 is 12.0 Å². The number of hydrogen-bond donors (Lipinski definition) is 2. The van der Waals surface area contributed by atoms with Gasteiger partial charge < -0.3 is 5.32 Å². The predicted octanol–water partition coefficient (Wildman–Crippen LogP) is 4.74. The van der Waals surface area contributed by atoms with Gasteiger partial charge in [0.25, 0.3) is 0 Å². The number of alkyl halides is 3. The van der Waals surface area contributed by atoms with Gasteiger partial charge in [-0.3, -0.25) is 0 Å². The summed E-state index contributed by atoms with van der Waals surface area (Å²) in [6, 6.07) is 15.5. The second-order valence-corrected chi connectivity index (χ2v) is 7.89. The molecule has 34 heavy (non-hydrogen) atoms. The molecule has 0 aliphatic carbocycles. The van der Waals surface area contributed by atoms with Crippen molar-refractivity contribution in [3.05, 3.63) is 71.2 Å². The number of aromatic nitrogens is 6. The molecule has 0 saturated carbocycles. The molecule has 2 N–H and O–H groups in total. The average Bonchev–Trinajstić information content (AvgIpc) is 3.31. The van der Waals surface area contributed by atoms with E-state index in [0.29, 0.717) is 23.6 Å². The number of aryl methyl sites for hydroxylation is 1. The second-order valence-electron chi connectivity index (χ2n) is 7.89. The zero-order valence-corrected chi connectivity index (χ0v) is 18.3. The molecule has 0 aliphatic heterocycles. The van der Waals surface area contributed by atoms with E-state index >= 15 is 0 Å². The molecule has 0 fully saturated rings. The molecule has 4 rings (SSSR count). The first-order valence-corrected chi connectivity index (χ1v) is 10.4. The number of nitrogens with one attached hydrogen (secondary N) is 2. The van der Waals surface area contributed by atoms with Gasteiger partial charge in [0.05, 0.1) is 0 Å². The van der Waals surface area contributed by atoms with Crippen molar-refractivity contribution in [3.8, 4) is 22.5 Å². The Morgan fingerprint density at radius 1 is 0.971 bits per heavy atom.